The molecule has 0 aromatic heterocycles. The number of hydrogen-bond acceptors (Lipinski definition) is 3. The summed E-state index contributed by atoms with van der Waals surface area (Å²) in [7, 11) is 0. The van der Waals surface area contributed by atoms with Gasteiger partial charge in [-0.3, -0.25) is 0 Å². The summed E-state index contributed by atoms with van der Waals surface area (Å²) in [6, 6.07) is 0. The van der Waals surface area contributed by atoms with Gasteiger partial charge in [-0.2, -0.15) is 0 Å². The van der Waals surface area contributed by atoms with Crippen molar-refractivity contribution in [1.82, 2.24) is 0 Å². The zero-order valence-electron chi connectivity index (χ0n) is 12.0. The summed E-state index contributed by atoms with van der Waals surface area (Å²) in [5.41, 5.74) is 5.25. The van der Waals surface area contributed by atoms with Crippen molar-refractivity contribution in [1.29, 1.82) is 0 Å². The van der Waals surface area contributed by atoms with Crippen LogP contribution in [0.25, 0.3) is 0 Å². The molecule has 1 aliphatic heterocycles. The fourth-order valence-electron chi connectivity index (χ4n) is 4.26. The molecule has 3 N–H and O–H groups in total. The van der Waals surface area contributed by atoms with Gasteiger partial charge in [-0.05, 0) is 37.5 Å². The molecule has 106 valence electrons. The van der Waals surface area contributed by atoms with Crippen LogP contribution in [0.1, 0.15) is 52.4 Å². The second-order valence-electron chi connectivity index (χ2n) is 6.66. The van der Waals surface area contributed by atoms with Gasteiger partial charge in [-0.15, -0.1) is 0 Å². The molecule has 2 rings (SSSR count). The Morgan fingerprint density at radius 3 is 2.61 bits per heavy atom. The molecule has 2 fully saturated rings. The van der Waals surface area contributed by atoms with Crippen LogP contribution in [0.3, 0.4) is 0 Å². The Labute approximate surface area is 111 Å². The summed E-state index contributed by atoms with van der Waals surface area (Å²) < 4.78 is 5.68. The maximum atomic E-state index is 11.4. The van der Waals surface area contributed by atoms with Crippen molar-refractivity contribution in [3.05, 3.63) is 0 Å². The van der Waals surface area contributed by atoms with Crippen molar-refractivity contribution in [2.75, 3.05) is 19.8 Å². The van der Waals surface area contributed by atoms with Crippen molar-refractivity contribution in [3.8, 4) is 0 Å². The molecule has 0 radical (unpaired) electrons. The predicted molar refractivity (Wildman–Crippen MR) is 73.3 cm³/mol. The average molecular weight is 255 g/mol. The minimum atomic E-state index is -0.616. The largest absolute Gasteiger partial charge is 0.389 e. The van der Waals surface area contributed by atoms with E-state index in [1.165, 1.54) is 6.42 Å². The normalized spacial score (nSPS) is 42.2. The summed E-state index contributed by atoms with van der Waals surface area (Å²) in [5.74, 6) is 0.886. The SMILES string of the molecule is CC(C)C1CCCCC1(O)C1(CN)CCCOC1. The van der Waals surface area contributed by atoms with Crippen LogP contribution >= 0.6 is 0 Å². The third kappa shape index (κ3) is 2.21. The Morgan fingerprint density at radius 2 is 2.06 bits per heavy atom. The number of ether oxygens (including phenoxy) is 1. The highest BCUT2D eigenvalue weighted by Crippen LogP contribution is 2.51. The number of nitrogens with two attached hydrogens (primary N) is 1. The zero-order chi connectivity index (χ0) is 13.2. The average Bonchev–Trinajstić information content (AvgIpc) is 2.39. The quantitative estimate of drug-likeness (QED) is 0.813. The molecule has 0 aromatic rings. The summed E-state index contributed by atoms with van der Waals surface area (Å²) >= 11 is 0. The first kappa shape index (κ1) is 14.3. The fraction of sp³-hybridized carbons (Fsp3) is 1.00. The molecular weight excluding hydrogens is 226 g/mol. The first-order valence-corrected chi connectivity index (χ1v) is 7.56. The Morgan fingerprint density at radius 1 is 1.28 bits per heavy atom. The molecule has 3 atom stereocenters. The molecule has 1 heterocycles. The lowest BCUT2D eigenvalue weighted by molar-refractivity contribution is -0.195. The van der Waals surface area contributed by atoms with Crippen molar-refractivity contribution in [3.63, 3.8) is 0 Å². The molecule has 1 saturated heterocycles. The summed E-state index contributed by atoms with van der Waals surface area (Å²) in [4.78, 5) is 0. The third-order valence-electron chi connectivity index (χ3n) is 5.37. The van der Waals surface area contributed by atoms with Crippen LogP contribution < -0.4 is 5.73 Å². The molecule has 2 aliphatic rings. The van der Waals surface area contributed by atoms with Gasteiger partial charge in [-0.25, -0.2) is 0 Å². The van der Waals surface area contributed by atoms with Crippen LogP contribution in [0.5, 0.6) is 0 Å². The molecule has 3 nitrogen and oxygen atoms in total. The minimum Gasteiger partial charge on any atom is -0.389 e. The van der Waals surface area contributed by atoms with E-state index in [-0.39, 0.29) is 5.41 Å². The van der Waals surface area contributed by atoms with Gasteiger partial charge in [0.05, 0.1) is 12.2 Å². The van der Waals surface area contributed by atoms with Crippen molar-refractivity contribution in [2.24, 2.45) is 23.0 Å². The van der Waals surface area contributed by atoms with E-state index >= 15 is 0 Å². The second-order valence-corrected chi connectivity index (χ2v) is 6.66. The Hall–Kier alpha value is -0.120. The van der Waals surface area contributed by atoms with Gasteiger partial charge >= 0.3 is 0 Å². The topological polar surface area (TPSA) is 55.5 Å². The van der Waals surface area contributed by atoms with E-state index in [0.717, 1.165) is 38.7 Å². The molecule has 0 spiro atoms. The monoisotopic (exact) mass is 255 g/mol. The summed E-state index contributed by atoms with van der Waals surface area (Å²) in [6.07, 6.45) is 6.45. The number of rotatable bonds is 3. The Bertz CT molecular complexity index is 274. The van der Waals surface area contributed by atoms with Gasteiger partial charge < -0.3 is 15.6 Å². The van der Waals surface area contributed by atoms with E-state index in [0.29, 0.717) is 25.0 Å². The van der Waals surface area contributed by atoms with Gasteiger partial charge in [0, 0.05) is 18.6 Å². The lowest BCUT2D eigenvalue weighted by Gasteiger charge is -2.55. The highest BCUT2D eigenvalue weighted by atomic mass is 16.5. The lowest BCUT2D eigenvalue weighted by atomic mass is 9.56. The van der Waals surface area contributed by atoms with E-state index < -0.39 is 5.60 Å². The van der Waals surface area contributed by atoms with E-state index in [4.69, 9.17) is 10.5 Å². The summed E-state index contributed by atoms with van der Waals surface area (Å²) in [6.45, 7) is 6.48. The van der Waals surface area contributed by atoms with Gasteiger partial charge in [0.25, 0.3) is 0 Å². The predicted octanol–water partition coefficient (Wildman–Crippen LogP) is 2.32. The Kier molecular flexibility index (Phi) is 4.35. The highest BCUT2D eigenvalue weighted by molar-refractivity contribution is 5.06. The molecule has 0 bridgehead atoms. The van der Waals surface area contributed by atoms with Crippen LogP contribution in [0.2, 0.25) is 0 Å². The highest BCUT2D eigenvalue weighted by Gasteiger charge is 2.55. The maximum Gasteiger partial charge on any atom is 0.0768 e. The zero-order valence-corrected chi connectivity index (χ0v) is 12.0. The van der Waals surface area contributed by atoms with E-state index in [1.54, 1.807) is 0 Å². The summed E-state index contributed by atoms with van der Waals surface area (Å²) in [5, 5.41) is 11.4. The molecule has 3 heteroatoms. The maximum absolute atomic E-state index is 11.4. The van der Waals surface area contributed by atoms with Crippen LogP contribution in [0.4, 0.5) is 0 Å². The van der Waals surface area contributed by atoms with Crippen molar-refractivity contribution in [2.45, 2.75) is 58.0 Å². The standard InChI is InChI=1S/C15H29NO2/c1-12(2)13-6-3-4-8-15(13,17)14(10-16)7-5-9-18-11-14/h12-13,17H,3-11,16H2,1-2H3. The van der Waals surface area contributed by atoms with E-state index in [2.05, 4.69) is 13.8 Å². The van der Waals surface area contributed by atoms with E-state index in [1.807, 2.05) is 0 Å². The molecule has 3 unspecified atom stereocenters. The van der Waals surface area contributed by atoms with E-state index in [9.17, 15) is 5.11 Å². The molecule has 0 amide bonds. The first-order chi connectivity index (χ1) is 8.56. The number of hydrogen-bond donors (Lipinski definition) is 2. The van der Waals surface area contributed by atoms with Crippen molar-refractivity contribution < 1.29 is 9.84 Å². The van der Waals surface area contributed by atoms with Crippen LogP contribution in [-0.4, -0.2) is 30.5 Å². The molecular formula is C15H29NO2. The smallest absolute Gasteiger partial charge is 0.0768 e. The third-order valence-corrected chi connectivity index (χ3v) is 5.37. The molecule has 0 aromatic carbocycles. The van der Waals surface area contributed by atoms with Crippen LogP contribution in [0.15, 0.2) is 0 Å². The first-order valence-electron chi connectivity index (χ1n) is 7.56. The Balaban J connectivity index is 2.29. The lowest BCUT2D eigenvalue weighted by Crippen LogP contribution is -2.62. The molecule has 1 saturated carbocycles. The fourth-order valence-corrected chi connectivity index (χ4v) is 4.26. The minimum absolute atomic E-state index is 0.208. The number of aliphatic hydroxyl groups is 1. The van der Waals surface area contributed by atoms with Gasteiger partial charge in [0.15, 0.2) is 0 Å². The second kappa shape index (κ2) is 5.48. The van der Waals surface area contributed by atoms with Crippen LogP contribution in [-0.2, 0) is 4.74 Å². The molecule has 18 heavy (non-hydrogen) atoms. The van der Waals surface area contributed by atoms with Gasteiger partial charge in [0.2, 0.25) is 0 Å². The van der Waals surface area contributed by atoms with Gasteiger partial charge in [0.1, 0.15) is 0 Å². The molecule has 1 aliphatic carbocycles. The van der Waals surface area contributed by atoms with Gasteiger partial charge in [-0.1, -0.05) is 26.7 Å². The van der Waals surface area contributed by atoms with Crippen LogP contribution in [0, 0.1) is 17.3 Å². The van der Waals surface area contributed by atoms with Crippen molar-refractivity contribution >= 4 is 0 Å².